The Labute approximate surface area is 167 Å². The van der Waals surface area contributed by atoms with E-state index in [0.29, 0.717) is 27.8 Å². The van der Waals surface area contributed by atoms with Gasteiger partial charge in [-0.15, -0.1) is 0 Å². The van der Waals surface area contributed by atoms with Crippen molar-refractivity contribution in [2.24, 2.45) is 0 Å². The molecule has 0 unspecified atom stereocenters. The predicted octanol–water partition coefficient (Wildman–Crippen LogP) is 1.82. The molecule has 158 valence electrons. The van der Waals surface area contributed by atoms with Crippen LogP contribution < -0.4 is 14.0 Å². The number of aliphatic hydroxyl groups is 3. The highest BCUT2D eigenvalue weighted by atomic mass is 31.2. The van der Waals surface area contributed by atoms with Gasteiger partial charge in [-0.1, -0.05) is 12.2 Å². The van der Waals surface area contributed by atoms with Gasteiger partial charge in [0, 0.05) is 5.56 Å². The van der Waals surface area contributed by atoms with E-state index in [4.69, 9.17) is 23.8 Å². The molecule has 2 rings (SSSR count). The second-order valence-electron chi connectivity index (χ2n) is 5.93. The Morgan fingerprint density at radius 2 is 1.52 bits per heavy atom. The average molecular weight is 426 g/mol. The lowest BCUT2D eigenvalue weighted by Gasteiger charge is -2.16. The number of rotatable bonds is 9. The van der Waals surface area contributed by atoms with E-state index >= 15 is 0 Å². The van der Waals surface area contributed by atoms with Crippen molar-refractivity contribution < 1.29 is 43.7 Å². The molecule has 0 aliphatic carbocycles. The summed E-state index contributed by atoms with van der Waals surface area (Å²) in [5.74, 6) is -0.103. The van der Waals surface area contributed by atoms with Gasteiger partial charge in [0.25, 0.3) is 0 Å². The molecule has 0 aliphatic rings. The molecule has 0 aromatic heterocycles. The summed E-state index contributed by atoms with van der Waals surface area (Å²) in [6, 6.07) is 6.40. The van der Waals surface area contributed by atoms with E-state index in [0.717, 1.165) is 0 Å². The zero-order valence-electron chi connectivity index (χ0n) is 15.9. The summed E-state index contributed by atoms with van der Waals surface area (Å²) in [4.78, 5) is 18.3. The standard InChI is InChI=1S/C19H23O9P/c1-26-17-6-5-13(18(27-2)19(17)28-29(23,24)25)4-3-12-7-14(9-20)16(11-22)15(8-12)10-21/h3-8,20-22H,9-11H2,1-2H3,(H2,23,24,25)/b4-3-. The van der Waals surface area contributed by atoms with Crippen LogP contribution in [0.5, 0.6) is 17.2 Å². The van der Waals surface area contributed by atoms with Crippen molar-refractivity contribution in [2.45, 2.75) is 19.8 Å². The number of hydrogen-bond acceptors (Lipinski definition) is 7. The van der Waals surface area contributed by atoms with Gasteiger partial charge >= 0.3 is 7.82 Å². The van der Waals surface area contributed by atoms with Crippen molar-refractivity contribution in [1.29, 1.82) is 0 Å². The molecular formula is C19H23O9P. The lowest BCUT2D eigenvalue weighted by Crippen LogP contribution is -2.01. The van der Waals surface area contributed by atoms with Crippen LogP contribution in [0.4, 0.5) is 0 Å². The number of aliphatic hydroxyl groups excluding tert-OH is 3. The van der Waals surface area contributed by atoms with Crippen LogP contribution in [0.25, 0.3) is 12.2 Å². The number of ether oxygens (including phenoxy) is 2. The minimum atomic E-state index is -4.86. The quantitative estimate of drug-likeness (QED) is 0.299. The van der Waals surface area contributed by atoms with Crippen LogP contribution in [0.2, 0.25) is 0 Å². The largest absolute Gasteiger partial charge is 0.525 e. The molecule has 0 atom stereocenters. The maximum Gasteiger partial charge on any atom is 0.525 e. The Balaban J connectivity index is 2.52. The van der Waals surface area contributed by atoms with Crippen molar-refractivity contribution in [2.75, 3.05) is 14.2 Å². The van der Waals surface area contributed by atoms with Crippen LogP contribution in [-0.4, -0.2) is 39.3 Å². The summed E-state index contributed by atoms with van der Waals surface area (Å²) < 4.78 is 26.4. The Morgan fingerprint density at radius 1 is 0.897 bits per heavy atom. The molecule has 2 aromatic carbocycles. The molecule has 0 saturated carbocycles. The summed E-state index contributed by atoms with van der Waals surface area (Å²) in [6.07, 6.45) is 3.27. The fourth-order valence-corrected chi connectivity index (χ4v) is 3.27. The Morgan fingerprint density at radius 3 is 1.97 bits per heavy atom. The highest BCUT2D eigenvalue weighted by molar-refractivity contribution is 7.46. The Hall–Kier alpha value is -2.39. The van der Waals surface area contributed by atoms with Gasteiger partial charge in [0.2, 0.25) is 5.75 Å². The summed E-state index contributed by atoms with van der Waals surface area (Å²) in [5, 5.41) is 28.5. The normalized spacial score (nSPS) is 11.7. The second-order valence-corrected chi connectivity index (χ2v) is 7.09. The van der Waals surface area contributed by atoms with E-state index in [1.165, 1.54) is 20.3 Å². The number of phosphoric ester groups is 1. The lowest BCUT2D eigenvalue weighted by atomic mass is 9.98. The van der Waals surface area contributed by atoms with Gasteiger partial charge in [0.1, 0.15) is 0 Å². The van der Waals surface area contributed by atoms with E-state index < -0.39 is 7.82 Å². The van der Waals surface area contributed by atoms with E-state index in [2.05, 4.69) is 0 Å². The van der Waals surface area contributed by atoms with Crippen molar-refractivity contribution in [3.63, 3.8) is 0 Å². The number of benzene rings is 2. The third-order valence-electron chi connectivity index (χ3n) is 4.15. The molecular weight excluding hydrogens is 403 g/mol. The zero-order valence-corrected chi connectivity index (χ0v) is 16.8. The molecule has 0 spiro atoms. The van der Waals surface area contributed by atoms with Gasteiger partial charge in [-0.25, -0.2) is 4.57 Å². The van der Waals surface area contributed by atoms with Gasteiger partial charge in [0.15, 0.2) is 11.5 Å². The highest BCUT2D eigenvalue weighted by Gasteiger charge is 2.24. The molecule has 9 nitrogen and oxygen atoms in total. The molecule has 0 amide bonds. The first-order valence-corrected chi connectivity index (χ1v) is 9.96. The molecule has 0 bridgehead atoms. The maximum atomic E-state index is 11.3. The maximum absolute atomic E-state index is 11.3. The Bertz CT molecular complexity index is 909. The fraction of sp³-hybridized carbons (Fsp3) is 0.263. The monoisotopic (exact) mass is 426 g/mol. The molecule has 0 saturated heterocycles. The van der Waals surface area contributed by atoms with Crippen molar-refractivity contribution in [3.8, 4) is 17.2 Å². The molecule has 5 N–H and O–H groups in total. The first-order valence-electron chi connectivity index (χ1n) is 8.43. The summed E-state index contributed by atoms with van der Waals surface area (Å²) in [5.41, 5.74) is 2.49. The van der Waals surface area contributed by atoms with Crippen LogP contribution in [0.1, 0.15) is 27.8 Å². The van der Waals surface area contributed by atoms with Gasteiger partial charge < -0.3 is 29.3 Å². The van der Waals surface area contributed by atoms with Gasteiger partial charge in [-0.3, -0.25) is 9.79 Å². The van der Waals surface area contributed by atoms with Crippen molar-refractivity contribution in [1.82, 2.24) is 0 Å². The van der Waals surface area contributed by atoms with Crippen LogP contribution >= 0.6 is 7.82 Å². The summed E-state index contributed by atoms with van der Waals surface area (Å²) in [7, 11) is -2.21. The van der Waals surface area contributed by atoms with Crippen LogP contribution in [0, 0.1) is 0 Å². The van der Waals surface area contributed by atoms with Crippen LogP contribution in [-0.2, 0) is 24.4 Å². The first kappa shape index (κ1) is 22.9. The minimum absolute atomic E-state index is 0.0562. The molecule has 0 aliphatic heterocycles. The predicted molar refractivity (Wildman–Crippen MR) is 105 cm³/mol. The minimum Gasteiger partial charge on any atom is -0.493 e. The van der Waals surface area contributed by atoms with Crippen LogP contribution in [0.3, 0.4) is 0 Å². The molecule has 2 aromatic rings. The van der Waals surface area contributed by atoms with E-state index in [1.807, 2.05) is 0 Å². The zero-order chi connectivity index (χ0) is 21.6. The molecule has 0 heterocycles. The van der Waals surface area contributed by atoms with Crippen LogP contribution in [0.15, 0.2) is 24.3 Å². The van der Waals surface area contributed by atoms with Gasteiger partial charge in [-0.05, 0) is 46.5 Å². The number of hydrogen-bond donors (Lipinski definition) is 5. The topological polar surface area (TPSA) is 146 Å². The lowest BCUT2D eigenvalue weighted by molar-refractivity contribution is 0.247. The number of phosphoric acid groups is 1. The highest BCUT2D eigenvalue weighted by Crippen LogP contribution is 2.48. The molecule has 10 heteroatoms. The third-order valence-corrected chi connectivity index (χ3v) is 4.57. The first-order chi connectivity index (χ1) is 13.8. The SMILES string of the molecule is COc1ccc(/C=C\c2cc(CO)c(CO)c(CO)c2)c(OC)c1OP(=O)(O)O. The van der Waals surface area contributed by atoms with E-state index in [9.17, 15) is 19.9 Å². The summed E-state index contributed by atoms with van der Waals surface area (Å²) >= 11 is 0. The van der Waals surface area contributed by atoms with Gasteiger partial charge in [0.05, 0.1) is 34.0 Å². The smallest absolute Gasteiger partial charge is 0.493 e. The molecule has 0 radical (unpaired) electrons. The van der Waals surface area contributed by atoms with Gasteiger partial charge in [-0.2, -0.15) is 0 Å². The molecule has 29 heavy (non-hydrogen) atoms. The fourth-order valence-electron chi connectivity index (χ4n) is 2.86. The third kappa shape index (κ3) is 5.57. The Kier molecular flexibility index (Phi) is 7.80. The number of methoxy groups -OCH3 is 2. The molecule has 0 fully saturated rings. The second kappa shape index (κ2) is 9.89. The summed E-state index contributed by atoms with van der Waals surface area (Å²) in [6.45, 7) is -0.932. The van der Waals surface area contributed by atoms with E-state index in [1.54, 1.807) is 30.4 Å². The van der Waals surface area contributed by atoms with Crippen molar-refractivity contribution in [3.05, 3.63) is 52.1 Å². The van der Waals surface area contributed by atoms with E-state index in [-0.39, 0.29) is 37.1 Å². The van der Waals surface area contributed by atoms with Crippen molar-refractivity contribution >= 4 is 20.0 Å². The average Bonchev–Trinajstić information content (AvgIpc) is 2.70.